The Bertz CT molecular complexity index is 327. The van der Waals surface area contributed by atoms with Crippen molar-refractivity contribution in [2.24, 2.45) is 0 Å². The van der Waals surface area contributed by atoms with Crippen molar-refractivity contribution in [3.05, 3.63) is 23.5 Å². The van der Waals surface area contributed by atoms with E-state index in [0.717, 1.165) is 18.3 Å². The number of allylic oxidation sites excluding steroid dienone is 1. The van der Waals surface area contributed by atoms with Gasteiger partial charge >= 0.3 is 6.18 Å². The summed E-state index contributed by atoms with van der Waals surface area (Å²) in [5.74, 6) is 0. The molecule has 6 heteroatoms. The molecule has 1 N–H and O–H groups in total. The van der Waals surface area contributed by atoms with E-state index in [-0.39, 0.29) is 5.56 Å². The zero-order valence-corrected chi connectivity index (χ0v) is 6.30. The van der Waals surface area contributed by atoms with Gasteiger partial charge in [0.1, 0.15) is 12.0 Å². The number of aromatic nitrogens is 2. The smallest absolute Gasteiger partial charge is 0.299 e. The number of hydrogen-bond donors (Lipinski definition) is 1. The number of halogens is 3. The van der Waals surface area contributed by atoms with Gasteiger partial charge in [0.15, 0.2) is 0 Å². The first kappa shape index (κ1) is 9.50. The van der Waals surface area contributed by atoms with Crippen LogP contribution in [0, 0.1) is 0 Å². The van der Waals surface area contributed by atoms with Gasteiger partial charge in [-0.3, -0.25) is 9.89 Å². The monoisotopic (exact) mass is 190 g/mol. The van der Waals surface area contributed by atoms with Crippen molar-refractivity contribution in [1.82, 2.24) is 10.2 Å². The Hall–Kier alpha value is -1.59. The van der Waals surface area contributed by atoms with Crippen LogP contribution in [0.5, 0.6) is 0 Å². The molecular weight excluding hydrogens is 185 g/mol. The molecule has 0 bridgehead atoms. The molecule has 0 aliphatic carbocycles. The minimum absolute atomic E-state index is 0.153. The number of carbonyl (C=O) groups excluding carboxylic acids is 1. The Morgan fingerprint density at radius 2 is 2.15 bits per heavy atom. The van der Waals surface area contributed by atoms with E-state index in [9.17, 15) is 18.0 Å². The molecule has 0 saturated carbocycles. The molecule has 1 aromatic rings. The number of aldehydes is 1. The zero-order valence-electron chi connectivity index (χ0n) is 6.30. The lowest BCUT2D eigenvalue weighted by molar-refractivity contribution is -0.141. The molecular formula is C7H5F3N2O. The van der Waals surface area contributed by atoms with E-state index in [1.54, 1.807) is 0 Å². The fourth-order valence-corrected chi connectivity index (χ4v) is 0.792. The van der Waals surface area contributed by atoms with Gasteiger partial charge < -0.3 is 0 Å². The molecule has 0 aliphatic rings. The Kier molecular flexibility index (Phi) is 2.50. The van der Waals surface area contributed by atoms with Crippen LogP contribution >= 0.6 is 0 Å². The van der Waals surface area contributed by atoms with Crippen LogP contribution in [0.15, 0.2) is 12.3 Å². The molecule has 0 atom stereocenters. The summed E-state index contributed by atoms with van der Waals surface area (Å²) in [5.41, 5.74) is -1.11. The lowest BCUT2D eigenvalue weighted by Crippen LogP contribution is -2.07. The van der Waals surface area contributed by atoms with E-state index in [2.05, 4.69) is 5.10 Å². The predicted octanol–water partition coefficient (Wildman–Crippen LogP) is 1.64. The third kappa shape index (κ3) is 2.17. The highest BCUT2D eigenvalue weighted by molar-refractivity contribution is 5.74. The molecule has 0 fully saturated rings. The lowest BCUT2D eigenvalue weighted by Gasteiger charge is -2.03. The van der Waals surface area contributed by atoms with E-state index < -0.39 is 11.9 Å². The largest absolute Gasteiger partial charge is 0.433 e. The summed E-state index contributed by atoms with van der Waals surface area (Å²) in [6.07, 6.45) is -1.06. The van der Waals surface area contributed by atoms with Gasteiger partial charge in [-0.15, -0.1) is 0 Å². The number of carbonyl (C=O) groups is 1. The van der Waals surface area contributed by atoms with Crippen molar-refractivity contribution < 1.29 is 18.0 Å². The minimum atomic E-state index is -4.47. The predicted molar refractivity (Wildman–Crippen MR) is 38.7 cm³/mol. The van der Waals surface area contributed by atoms with Crippen molar-refractivity contribution >= 4 is 12.4 Å². The van der Waals surface area contributed by atoms with Gasteiger partial charge in [0.25, 0.3) is 0 Å². The van der Waals surface area contributed by atoms with E-state index in [1.807, 2.05) is 5.10 Å². The number of aromatic amines is 1. The van der Waals surface area contributed by atoms with Crippen molar-refractivity contribution in [2.75, 3.05) is 0 Å². The molecule has 0 spiro atoms. The zero-order chi connectivity index (χ0) is 9.90. The molecule has 0 unspecified atom stereocenters. The van der Waals surface area contributed by atoms with E-state index in [1.165, 1.54) is 0 Å². The van der Waals surface area contributed by atoms with Crippen molar-refractivity contribution in [3.8, 4) is 0 Å². The van der Waals surface area contributed by atoms with Crippen LogP contribution < -0.4 is 0 Å². The SMILES string of the molecule is O=C/C=C/c1cn[nH]c1C(F)(F)F. The second-order valence-electron chi connectivity index (χ2n) is 2.19. The second kappa shape index (κ2) is 3.42. The summed E-state index contributed by atoms with van der Waals surface area (Å²) in [7, 11) is 0. The highest BCUT2D eigenvalue weighted by atomic mass is 19.4. The van der Waals surface area contributed by atoms with Crippen LogP contribution in [-0.2, 0) is 11.0 Å². The highest BCUT2D eigenvalue weighted by Crippen LogP contribution is 2.30. The molecule has 13 heavy (non-hydrogen) atoms. The molecule has 3 nitrogen and oxygen atoms in total. The maximum absolute atomic E-state index is 12.1. The van der Waals surface area contributed by atoms with E-state index in [4.69, 9.17) is 0 Å². The number of rotatable bonds is 2. The van der Waals surface area contributed by atoms with Crippen molar-refractivity contribution in [3.63, 3.8) is 0 Å². The van der Waals surface area contributed by atoms with Gasteiger partial charge in [0.05, 0.1) is 6.20 Å². The standard InChI is InChI=1S/C7H5F3N2O/c8-7(9,10)6-5(2-1-3-13)4-11-12-6/h1-4H,(H,11,12)/b2-1+. The molecule has 0 aliphatic heterocycles. The molecule has 70 valence electrons. The summed E-state index contributed by atoms with van der Waals surface area (Å²) in [6.45, 7) is 0. The van der Waals surface area contributed by atoms with Gasteiger partial charge in [-0.1, -0.05) is 0 Å². The lowest BCUT2D eigenvalue weighted by atomic mass is 10.2. The number of nitrogens with one attached hydrogen (secondary N) is 1. The van der Waals surface area contributed by atoms with Crippen LogP contribution in [0.3, 0.4) is 0 Å². The van der Waals surface area contributed by atoms with Gasteiger partial charge in [-0.25, -0.2) is 0 Å². The van der Waals surface area contributed by atoms with Crippen LogP contribution in [0.25, 0.3) is 6.08 Å². The Labute approximate surface area is 71.3 Å². The van der Waals surface area contributed by atoms with Crippen LogP contribution in [-0.4, -0.2) is 16.5 Å². The summed E-state index contributed by atoms with van der Waals surface area (Å²) < 4.78 is 36.3. The minimum Gasteiger partial charge on any atom is -0.299 e. The fourth-order valence-electron chi connectivity index (χ4n) is 0.792. The number of H-pyrrole nitrogens is 1. The summed E-state index contributed by atoms with van der Waals surface area (Å²) in [6, 6.07) is 0. The topological polar surface area (TPSA) is 45.8 Å². The number of nitrogens with zero attached hydrogens (tertiary/aromatic N) is 1. The number of alkyl halides is 3. The first-order valence-electron chi connectivity index (χ1n) is 3.28. The molecule has 0 aromatic carbocycles. The Morgan fingerprint density at radius 3 is 2.69 bits per heavy atom. The molecule has 0 amide bonds. The molecule has 1 rings (SSSR count). The summed E-state index contributed by atoms with van der Waals surface area (Å²) in [4.78, 5) is 9.86. The van der Waals surface area contributed by atoms with E-state index >= 15 is 0 Å². The highest BCUT2D eigenvalue weighted by Gasteiger charge is 2.34. The summed E-state index contributed by atoms with van der Waals surface area (Å²) >= 11 is 0. The molecule has 1 aromatic heterocycles. The Balaban J connectivity index is 3.03. The van der Waals surface area contributed by atoms with Crippen LogP contribution in [0.2, 0.25) is 0 Å². The van der Waals surface area contributed by atoms with Gasteiger partial charge in [-0.2, -0.15) is 18.3 Å². The fraction of sp³-hybridized carbons (Fsp3) is 0.143. The summed E-state index contributed by atoms with van der Waals surface area (Å²) in [5, 5.41) is 5.04. The van der Waals surface area contributed by atoms with Crippen molar-refractivity contribution in [1.29, 1.82) is 0 Å². The third-order valence-electron chi connectivity index (χ3n) is 1.31. The Morgan fingerprint density at radius 1 is 1.46 bits per heavy atom. The first-order valence-corrected chi connectivity index (χ1v) is 3.28. The normalized spacial score (nSPS) is 12.2. The van der Waals surface area contributed by atoms with Gasteiger partial charge in [-0.05, 0) is 12.2 Å². The maximum Gasteiger partial charge on any atom is 0.433 e. The second-order valence-corrected chi connectivity index (χ2v) is 2.19. The maximum atomic E-state index is 12.1. The average Bonchev–Trinajstić information content (AvgIpc) is 2.47. The van der Waals surface area contributed by atoms with Gasteiger partial charge in [0.2, 0.25) is 0 Å². The molecule has 0 saturated heterocycles. The van der Waals surface area contributed by atoms with Crippen LogP contribution in [0.1, 0.15) is 11.3 Å². The number of hydrogen-bond acceptors (Lipinski definition) is 2. The van der Waals surface area contributed by atoms with Crippen molar-refractivity contribution in [2.45, 2.75) is 6.18 Å². The first-order chi connectivity index (χ1) is 6.05. The molecule has 1 heterocycles. The average molecular weight is 190 g/mol. The van der Waals surface area contributed by atoms with E-state index in [0.29, 0.717) is 6.29 Å². The van der Waals surface area contributed by atoms with Gasteiger partial charge in [0, 0.05) is 5.56 Å². The quantitative estimate of drug-likeness (QED) is 0.569. The molecule has 0 radical (unpaired) electrons. The van der Waals surface area contributed by atoms with Crippen LogP contribution in [0.4, 0.5) is 13.2 Å². The third-order valence-corrected chi connectivity index (χ3v) is 1.31.